The van der Waals surface area contributed by atoms with Crippen molar-refractivity contribution in [3.05, 3.63) is 65.7 Å². The van der Waals surface area contributed by atoms with Crippen LogP contribution in [0.2, 0.25) is 0 Å². The molecule has 25 heavy (non-hydrogen) atoms. The van der Waals surface area contributed by atoms with E-state index in [4.69, 9.17) is 0 Å². The molecular weight excluding hydrogens is 312 g/mol. The minimum Gasteiger partial charge on any atom is -0.362 e. The Morgan fingerprint density at radius 3 is 2.56 bits per heavy atom. The monoisotopic (exact) mass is 336 g/mol. The van der Waals surface area contributed by atoms with E-state index in [0.717, 1.165) is 30.6 Å². The largest absolute Gasteiger partial charge is 0.362 e. The summed E-state index contributed by atoms with van der Waals surface area (Å²) in [6.07, 6.45) is 2.63. The number of aryl methyl sites for hydroxylation is 1. The van der Waals surface area contributed by atoms with Gasteiger partial charge in [-0.3, -0.25) is 9.59 Å². The second-order valence-corrected chi connectivity index (χ2v) is 6.57. The molecule has 1 aliphatic heterocycles. The van der Waals surface area contributed by atoms with Crippen LogP contribution in [0.5, 0.6) is 0 Å². The van der Waals surface area contributed by atoms with Gasteiger partial charge in [-0.2, -0.15) is 0 Å². The molecule has 0 radical (unpaired) electrons. The number of carbonyl (C=O) groups is 2. The summed E-state index contributed by atoms with van der Waals surface area (Å²) in [5.41, 5.74) is 3.46. The Morgan fingerprint density at radius 2 is 1.80 bits per heavy atom. The predicted octanol–water partition coefficient (Wildman–Crippen LogP) is 2.76. The number of rotatable bonds is 6. The first-order chi connectivity index (χ1) is 12.1. The summed E-state index contributed by atoms with van der Waals surface area (Å²) >= 11 is 0. The molecule has 1 atom stereocenters. The summed E-state index contributed by atoms with van der Waals surface area (Å²) < 4.78 is 0. The zero-order valence-corrected chi connectivity index (χ0v) is 14.6. The molecule has 0 saturated carbocycles. The molecule has 1 aliphatic rings. The van der Waals surface area contributed by atoms with E-state index in [1.54, 1.807) is 0 Å². The second-order valence-electron chi connectivity index (χ2n) is 6.57. The molecule has 4 nitrogen and oxygen atoms in total. The minimum absolute atomic E-state index is 0.0174. The lowest BCUT2D eigenvalue weighted by atomic mass is 10.0. The van der Waals surface area contributed by atoms with Gasteiger partial charge in [0.25, 0.3) is 0 Å². The van der Waals surface area contributed by atoms with Crippen LogP contribution in [0.25, 0.3) is 0 Å². The van der Waals surface area contributed by atoms with Gasteiger partial charge < -0.3 is 10.2 Å². The van der Waals surface area contributed by atoms with Crippen molar-refractivity contribution < 1.29 is 9.59 Å². The normalized spacial score (nSPS) is 14.5. The number of nitrogens with one attached hydrogen (secondary N) is 1. The van der Waals surface area contributed by atoms with Crippen molar-refractivity contribution in [2.75, 3.05) is 18.0 Å². The van der Waals surface area contributed by atoms with Crippen LogP contribution < -0.4 is 10.2 Å². The van der Waals surface area contributed by atoms with Crippen LogP contribution in [0.1, 0.15) is 24.5 Å². The van der Waals surface area contributed by atoms with Crippen molar-refractivity contribution in [3.8, 4) is 0 Å². The van der Waals surface area contributed by atoms with Gasteiger partial charge >= 0.3 is 0 Å². The van der Waals surface area contributed by atoms with Crippen molar-refractivity contribution in [2.24, 2.45) is 0 Å². The number of ketones is 1. The van der Waals surface area contributed by atoms with Gasteiger partial charge in [-0.05, 0) is 43.4 Å². The van der Waals surface area contributed by atoms with Crippen molar-refractivity contribution in [3.63, 3.8) is 0 Å². The topological polar surface area (TPSA) is 49.4 Å². The van der Waals surface area contributed by atoms with Crippen LogP contribution in [0.4, 0.5) is 5.69 Å². The van der Waals surface area contributed by atoms with Crippen LogP contribution in [-0.2, 0) is 22.4 Å². The molecular formula is C21H24N2O2. The van der Waals surface area contributed by atoms with Gasteiger partial charge in [0.2, 0.25) is 5.91 Å². The lowest BCUT2D eigenvalue weighted by Crippen LogP contribution is -2.47. The predicted molar refractivity (Wildman–Crippen MR) is 99.7 cm³/mol. The molecule has 0 aliphatic carbocycles. The van der Waals surface area contributed by atoms with Crippen molar-refractivity contribution in [1.82, 2.24) is 5.32 Å². The Hall–Kier alpha value is -2.62. The summed E-state index contributed by atoms with van der Waals surface area (Å²) in [4.78, 5) is 26.6. The highest BCUT2D eigenvalue weighted by atomic mass is 16.2. The second kappa shape index (κ2) is 7.97. The highest BCUT2D eigenvalue weighted by Gasteiger charge is 2.22. The van der Waals surface area contributed by atoms with Crippen LogP contribution in [0.15, 0.2) is 54.6 Å². The molecule has 2 aromatic rings. The molecule has 1 N–H and O–H groups in total. The Labute approximate surface area is 148 Å². The lowest BCUT2D eigenvalue weighted by molar-refractivity contribution is -0.126. The van der Waals surface area contributed by atoms with E-state index in [1.165, 1.54) is 12.5 Å². The maximum atomic E-state index is 12.5. The maximum absolute atomic E-state index is 12.5. The van der Waals surface area contributed by atoms with Gasteiger partial charge in [0.05, 0.1) is 12.6 Å². The molecule has 2 aromatic carbocycles. The summed E-state index contributed by atoms with van der Waals surface area (Å²) in [6, 6.07) is 17.5. The van der Waals surface area contributed by atoms with Crippen LogP contribution in [0.3, 0.4) is 0 Å². The lowest BCUT2D eigenvalue weighted by Gasteiger charge is -2.31. The summed E-state index contributed by atoms with van der Waals surface area (Å²) in [7, 11) is 0. The Balaban J connectivity index is 1.64. The van der Waals surface area contributed by atoms with Gasteiger partial charge in [-0.25, -0.2) is 0 Å². The molecule has 1 heterocycles. The number of hydrogen-bond acceptors (Lipinski definition) is 3. The molecule has 130 valence electrons. The quantitative estimate of drug-likeness (QED) is 0.882. The zero-order valence-electron chi connectivity index (χ0n) is 14.6. The van der Waals surface area contributed by atoms with E-state index in [1.807, 2.05) is 42.5 Å². The van der Waals surface area contributed by atoms with E-state index in [2.05, 4.69) is 22.3 Å². The minimum atomic E-state index is -0.477. The molecule has 1 unspecified atom stereocenters. The number of para-hydroxylation sites is 1. The number of nitrogens with zero attached hydrogens (tertiary/aromatic N) is 1. The van der Waals surface area contributed by atoms with E-state index in [0.29, 0.717) is 6.42 Å². The third-order valence-electron chi connectivity index (χ3n) is 4.65. The van der Waals surface area contributed by atoms with Crippen molar-refractivity contribution in [2.45, 2.75) is 32.2 Å². The van der Waals surface area contributed by atoms with Crippen LogP contribution >= 0.6 is 0 Å². The van der Waals surface area contributed by atoms with Gasteiger partial charge in [-0.1, -0.05) is 48.5 Å². The number of amides is 1. The molecule has 4 heteroatoms. The highest BCUT2D eigenvalue weighted by molar-refractivity contribution is 5.89. The first-order valence-electron chi connectivity index (χ1n) is 8.80. The smallest absolute Gasteiger partial charge is 0.240 e. The Bertz CT molecular complexity index is 743. The summed E-state index contributed by atoms with van der Waals surface area (Å²) in [6.45, 7) is 2.69. The number of benzene rings is 2. The first kappa shape index (κ1) is 17.2. The van der Waals surface area contributed by atoms with Gasteiger partial charge in [0, 0.05) is 12.2 Å². The molecule has 0 bridgehead atoms. The number of hydrogen-bond donors (Lipinski definition) is 1. The summed E-state index contributed by atoms with van der Waals surface area (Å²) in [5.74, 6) is -0.121. The molecule has 0 aromatic heterocycles. The molecule has 1 amide bonds. The van der Waals surface area contributed by atoms with E-state index < -0.39 is 6.04 Å². The fourth-order valence-corrected chi connectivity index (χ4v) is 3.34. The number of fused-ring (bicyclic) bond motifs is 1. The van der Waals surface area contributed by atoms with Gasteiger partial charge in [0.1, 0.15) is 0 Å². The van der Waals surface area contributed by atoms with E-state index in [9.17, 15) is 9.59 Å². The third kappa shape index (κ3) is 4.47. The first-order valence-corrected chi connectivity index (χ1v) is 8.80. The number of carbonyl (C=O) groups excluding carboxylic acids is 2. The standard InChI is InChI=1S/C21H24N2O2/c1-16(24)19(14-17-8-3-2-4-9-17)22-21(25)15-23-13-7-11-18-10-5-6-12-20(18)23/h2-6,8-10,12,19H,7,11,13-15H2,1H3,(H,22,25). The van der Waals surface area contributed by atoms with Crippen molar-refractivity contribution in [1.29, 1.82) is 0 Å². The van der Waals surface area contributed by atoms with Crippen molar-refractivity contribution >= 4 is 17.4 Å². The summed E-state index contributed by atoms with van der Waals surface area (Å²) in [5, 5.41) is 2.91. The average molecular weight is 336 g/mol. The van der Waals surface area contributed by atoms with E-state index in [-0.39, 0.29) is 18.2 Å². The molecule has 0 fully saturated rings. The van der Waals surface area contributed by atoms with Crippen LogP contribution in [0, 0.1) is 0 Å². The molecule has 0 saturated heterocycles. The van der Waals surface area contributed by atoms with Crippen LogP contribution in [-0.4, -0.2) is 30.8 Å². The third-order valence-corrected chi connectivity index (χ3v) is 4.65. The number of Topliss-reactive ketones (excluding diaryl/α,β-unsaturated/α-hetero) is 1. The highest BCUT2D eigenvalue weighted by Crippen LogP contribution is 2.26. The number of anilines is 1. The fraction of sp³-hybridized carbons (Fsp3) is 0.333. The fourth-order valence-electron chi connectivity index (χ4n) is 3.34. The average Bonchev–Trinajstić information content (AvgIpc) is 2.62. The van der Waals surface area contributed by atoms with Gasteiger partial charge in [-0.15, -0.1) is 0 Å². The molecule has 3 rings (SSSR count). The van der Waals surface area contributed by atoms with Gasteiger partial charge in [0.15, 0.2) is 5.78 Å². The Kier molecular flexibility index (Phi) is 5.49. The maximum Gasteiger partial charge on any atom is 0.240 e. The molecule has 0 spiro atoms. The Morgan fingerprint density at radius 1 is 1.08 bits per heavy atom. The SMILES string of the molecule is CC(=O)C(Cc1ccccc1)NC(=O)CN1CCCc2ccccc21. The van der Waals surface area contributed by atoms with E-state index >= 15 is 0 Å². The zero-order chi connectivity index (χ0) is 17.6.